The molecular weight excluding hydrogens is 234 g/mol. The van der Waals surface area contributed by atoms with E-state index in [1.54, 1.807) is 0 Å². The van der Waals surface area contributed by atoms with E-state index < -0.39 is 0 Å². The number of ether oxygens (including phenoxy) is 1. The minimum Gasteiger partial charge on any atom is -0.367 e. The molecule has 0 aliphatic carbocycles. The largest absolute Gasteiger partial charge is 0.367 e. The van der Waals surface area contributed by atoms with Crippen molar-refractivity contribution in [2.75, 3.05) is 6.61 Å². The van der Waals surface area contributed by atoms with Gasteiger partial charge in [0.15, 0.2) is 5.82 Å². The number of carbonyl (C=O) groups is 1. The Balaban J connectivity index is 1.63. The van der Waals surface area contributed by atoms with Crippen LogP contribution in [-0.4, -0.2) is 33.1 Å². The smallest absolute Gasteiger partial charge is 0.246 e. The number of H-pyrrole nitrogens is 1. The number of nitrogens with one attached hydrogen (secondary N) is 2. The van der Waals surface area contributed by atoms with Crippen molar-refractivity contribution in [3.8, 4) is 0 Å². The van der Waals surface area contributed by atoms with Crippen LogP contribution in [0.4, 0.5) is 0 Å². The molecule has 7 nitrogen and oxygen atoms in total. The van der Waals surface area contributed by atoms with Gasteiger partial charge in [0.25, 0.3) is 0 Å². The van der Waals surface area contributed by atoms with E-state index in [2.05, 4.69) is 25.9 Å². The quantitative estimate of drug-likeness (QED) is 0.751. The summed E-state index contributed by atoms with van der Waals surface area (Å²) in [4.78, 5) is 11.4. The third-order valence-corrected chi connectivity index (χ3v) is 2.18. The Labute approximate surface area is 104 Å². The Morgan fingerprint density at radius 3 is 2.89 bits per heavy atom. The van der Waals surface area contributed by atoms with Crippen LogP contribution in [0.3, 0.4) is 0 Å². The van der Waals surface area contributed by atoms with Crippen molar-refractivity contribution in [1.29, 1.82) is 0 Å². The minimum absolute atomic E-state index is 0.00669. The first-order valence-electron chi connectivity index (χ1n) is 5.45. The van der Waals surface area contributed by atoms with Gasteiger partial charge in [0, 0.05) is 0 Å². The highest BCUT2D eigenvalue weighted by Gasteiger charge is 2.03. The number of nitrogens with zero attached hydrogens (tertiary/aromatic N) is 3. The molecule has 0 aliphatic heterocycles. The van der Waals surface area contributed by atoms with Crippen LogP contribution in [-0.2, 0) is 22.7 Å². The van der Waals surface area contributed by atoms with Gasteiger partial charge in [-0.3, -0.25) is 4.79 Å². The molecule has 0 unspecified atom stereocenters. The molecule has 0 saturated heterocycles. The van der Waals surface area contributed by atoms with Crippen molar-refractivity contribution in [3.63, 3.8) is 0 Å². The summed E-state index contributed by atoms with van der Waals surface area (Å²) in [5.74, 6) is 0.224. The molecule has 2 rings (SSSR count). The average molecular weight is 247 g/mol. The molecule has 2 aromatic rings. The molecule has 0 bridgehead atoms. The van der Waals surface area contributed by atoms with Crippen LogP contribution in [0.25, 0.3) is 0 Å². The number of aromatic nitrogens is 4. The van der Waals surface area contributed by atoms with Crippen molar-refractivity contribution in [1.82, 2.24) is 25.9 Å². The summed E-state index contributed by atoms with van der Waals surface area (Å²) < 4.78 is 5.28. The van der Waals surface area contributed by atoms with Gasteiger partial charge in [0.05, 0.1) is 13.2 Å². The zero-order valence-electron chi connectivity index (χ0n) is 9.67. The Morgan fingerprint density at radius 2 is 2.17 bits per heavy atom. The number of aromatic amines is 1. The molecule has 1 heterocycles. The summed E-state index contributed by atoms with van der Waals surface area (Å²) in [6.45, 7) is 0.660. The molecule has 0 spiro atoms. The first-order valence-corrected chi connectivity index (χ1v) is 5.45. The Hall–Kier alpha value is -2.28. The molecule has 2 N–H and O–H groups in total. The van der Waals surface area contributed by atoms with Crippen molar-refractivity contribution >= 4 is 5.91 Å². The van der Waals surface area contributed by atoms with Crippen LogP contribution in [0.5, 0.6) is 0 Å². The predicted molar refractivity (Wildman–Crippen MR) is 62.1 cm³/mol. The van der Waals surface area contributed by atoms with Gasteiger partial charge < -0.3 is 10.1 Å². The Morgan fingerprint density at radius 1 is 1.33 bits per heavy atom. The fourth-order valence-electron chi connectivity index (χ4n) is 1.32. The van der Waals surface area contributed by atoms with E-state index in [0.29, 0.717) is 12.4 Å². The lowest BCUT2D eigenvalue weighted by Crippen LogP contribution is -2.27. The molecule has 0 saturated carbocycles. The lowest BCUT2D eigenvalue weighted by atomic mass is 10.2. The van der Waals surface area contributed by atoms with Crippen LogP contribution in [0.1, 0.15) is 11.4 Å². The number of hydrogen-bond acceptors (Lipinski definition) is 5. The highest BCUT2D eigenvalue weighted by Crippen LogP contribution is 1.99. The van der Waals surface area contributed by atoms with Gasteiger partial charge in [-0.15, -0.1) is 10.2 Å². The number of benzene rings is 1. The lowest BCUT2D eigenvalue weighted by Gasteiger charge is -2.04. The molecule has 0 atom stereocenters. The van der Waals surface area contributed by atoms with Crippen molar-refractivity contribution in [2.45, 2.75) is 13.2 Å². The summed E-state index contributed by atoms with van der Waals surface area (Å²) in [5.41, 5.74) is 1.03. The maximum absolute atomic E-state index is 11.4. The number of hydrogen-bond donors (Lipinski definition) is 2. The topological polar surface area (TPSA) is 92.8 Å². The van der Waals surface area contributed by atoms with Crippen molar-refractivity contribution in [3.05, 3.63) is 41.7 Å². The number of carbonyl (C=O) groups excluding carboxylic acids is 1. The first kappa shape index (κ1) is 12.2. The van der Waals surface area contributed by atoms with Crippen LogP contribution in [0.15, 0.2) is 30.3 Å². The zero-order chi connectivity index (χ0) is 12.6. The second-order valence-corrected chi connectivity index (χ2v) is 3.58. The molecule has 1 aromatic carbocycles. The van der Waals surface area contributed by atoms with Crippen LogP contribution in [0, 0.1) is 0 Å². The third-order valence-electron chi connectivity index (χ3n) is 2.18. The summed E-state index contributed by atoms with van der Waals surface area (Å²) >= 11 is 0. The maximum atomic E-state index is 11.4. The number of amides is 1. The van der Waals surface area contributed by atoms with Gasteiger partial charge in [0.1, 0.15) is 6.61 Å². The number of tetrazole rings is 1. The van der Waals surface area contributed by atoms with Crippen LogP contribution >= 0.6 is 0 Å². The molecule has 0 radical (unpaired) electrons. The highest BCUT2D eigenvalue weighted by atomic mass is 16.5. The molecule has 1 aromatic heterocycles. The average Bonchev–Trinajstić information content (AvgIpc) is 2.91. The Kier molecular flexibility index (Phi) is 4.37. The molecule has 94 valence electrons. The molecule has 18 heavy (non-hydrogen) atoms. The fourth-order valence-corrected chi connectivity index (χ4v) is 1.32. The summed E-state index contributed by atoms with van der Waals surface area (Å²) in [6.07, 6.45) is 0. The van der Waals surface area contributed by atoms with Gasteiger partial charge in [0.2, 0.25) is 5.91 Å². The van der Waals surface area contributed by atoms with Gasteiger partial charge in [-0.2, -0.15) is 5.21 Å². The van der Waals surface area contributed by atoms with Gasteiger partial charge in [-0.1, -0.05) is 35.5 Å². The fraction of sp³-hybridized carbons (Fsp3) is 0.273. The predicted octanol–water partition coefficient (Wildman–Crippen LogP) is 0.0327. The van der Waals surface area contributed by atoms with E-state index in [4.69, 9.17) is 4.74 Å². The van der Waals surface area contributed by atoms with E-state index >= 15 is 0 Å². The monoisotopic (exact) mass is 247 g/mol. The second-order valence-electron chi connectivity index (χ2n) is 3.58. The summed E-state index contributed by atoms with van der Waals surface area (Å²) in [7, 11) is 0. The molecule has 7 heteroatoms. The maximum Gasteiger partial charge on any atom is 0.246 e. The highest BCUT2D eigenvalue weighted by molar-refractivity contribution is 5.77. The van der Waals surface area contributed by atoms with Gasteiger partial charge >= 0.3 is 0 Å². The SMILES string of the molecule is O=C(COCc1ccccc1)NCc1nn[nH]n1. The van der Waals surface area contributed by atoms with Crippen LogP contribution in [0.2, 0.25) is 0 Å². The Bertz CT molecular complexity index is 471. The lowest BCUT2D eigenvalue weighted by molar-refractivity contribution is -0.126. The third kappa shape index (κ3) is 3.95. The van der Waals surface area contributed by atoms with E-state index in [1.807, 2.05) is 30.3 Å². The molecular formula is C11H13N5O2. The van der Waals surface area contributed by atoms with Crippen molar-refractivity contribution in [2.24, 2.45) is 0 Å². The summed E-state index contributed by atoms with van der Waals surface area (Å²) in [6, 6.07) is 9.67. The van der Waals surface area contributed by atoms with Crippen molar-refractivity contribution < 1.29 is 9.53 Å². The van der Waals surface area contributed by atoms with Gasteiger partial charge in [-0.25, -0.2) is 0 Å². The van der Waals surface area contributed by atoms with Gasteiger partial charge in [-0.05, 0) is 5.56 Å². The standard InChI is InChI=1S/C11H13N5O2/c17-11(12-6-10-13-15-16-14-10)8-18-7-9-4-2-1-3-5-9/h1-5H,6-8H2,(H,12,17)(H,13,14,15,16). The van der Waals surface area contributed by atoms with E-state index in [0.717, 1.165) is 5.56 Å². The minimum atomic E-state index is -0.212. The zero-order valence-corrected chi connectivity index (χ0v) is 9.67. The normalized spacial score (nSPS) is 10.2. The van der Waals surface area contributed by atoms with Crippen LogP contribution < -0.4 is 5.32 Å². The second kappa shape index (κ2) is 6.45. The summed E-state index contributed by atoms with van der Waals surface area (Å²) in [5, 5.41) is 15.7. The van der Waals surface area contributed by atoms with E-state index in [1.165, 1.54) is 0 Å². The van der Waals surface area contributed by atoms with E-state index in [-0.39, 0.29) is 19.1 Å². The number of rotatable bonds is 6. The molecule has 0 aliphatic rings. The first-order chi connectivity index (χ1) is 8.84. The molecule has 1 amide bonds. The molecule has 0 fully saturated rings. The van der Waals surface area contributed by atoms with E-state index in [9.17, 15) is 4.79 Å².